The molecule has 0 radical (unpaired) electrons. The number of hydrogen-bond acceptors (Lipinski definition) is 2. The first-order chi connectivity index (χ1) is 9.52. The summed E-state index contributed by atoms with van der Waals surface area (Å²) in [5.41, 5.74) is -0.824. The Morgan fingerprint density at radius 2 is 1.52 bits per heavy atom. The van der Waals surface area contributed by atoms with Crippen molar-refractivity contribution in [3.05, 3.63) is 0 Å². The van der Waals surface area contributed by atoms with E-state index in [0.717, 1.165) is 19.3 Å². The van der Waals surface area contributed by atoms with Crippen LogP contribution in [0.25, 0.3) is 0 Å². The second kappa shape index (κ2) is 6.41. The first-order valence-electron chi connectivity index (χ1n) is 6.54. The summed E-state index contributed by atoms with van der Waals surface area (Å²) in [6, 6.07) is 0. The first-order valence-corrected chi connectivity index (χ1v) is 6.54. The van der Waals surface area contributed by atoms with Crippen LogP contribution in [-0.2, 0) is 4.79 Å². The van der Waals surface area contributed by atoms with Crippen molar-refractivity contribution in [1.82, 2.24) is 5.32 Å². The average molecular weight is 321 g/mol. The molecule has 0 bridgehead atoms. The third kappa shape index (κ3) is 4.76. The van der Waals surface area contributed by atoms with Crippen molar-refractivity contribution in [2.75, 3.05) is 13.2 Å². The van der Waals surface area contributed by atoms with E-state index in [0.29, 0.717) is 12.8 Å². The molecule has 0 aromatic rings. The summed E-state index contributed by atoms with van der Waals surface area (Å²) < 4.78 is 74.3. The van der Waals surface area contributed by atoms with Crippen molar-refractivity contribution in [3.8, 4) is 0 Å². The Balaban J connectivity index is 2.74. The third-order valence-electron chi connectivity index (χ3n) is 3.80. The van der Waals surface area contributed by atoms with Gasteiger partial charge in [-0.15, -0.1) is 0 Å². The van der Waals surface area contributed by atoms with E-state index in [9.17, 15) is 36.2 Å². The molecule has 0 heterocycles. The SMILES string of the molecule is O=C(NCC1(CO)CCCCC1)C(C(F)(F)F)C(F)(F)F. The van der Waals surface area contributed by atoms with Crippen molar-refractivity contribution in [3.63, 3.8) is 0 Å². The first kappa shape index (κ1) is 18.1. The van der Waals surface area contributed by atoms with E-state index in [1.54, 1.807) is 5.32 Å². The van der Waals surface area contributed by atoms with E-state index in [2.05, 4.69) is 0 Å². The monoisotopic (exact) mass is 321 g/mol. The van der Waals surface area contributed by atoms with Gasteiger partial charge in [0.05, 0.1) is 6.61 Å². The predicted octanol–water partition coefficient (Wildman–Crippen LogP) is 2.79. The van der Waals surface area contributed by atoms with Gasteiger partial charge in [-0.05, 0) is 12.8 Å². The number of halogens is 6. The molecule has 0 aromatic heterocycles. The number of nitrogens with one attached hydrogen (secondary N) is 1. The lowest BCUT2D eigenvalue weighted by atomic mass is 9.74. The summed E-state index contributed by atoms with van der Waals surface area (Å²) in [5.74, 6) is -6.15. The second-order valence-electron chi connectivity index (χ2n) is 5.45. The standard InChI is InChI=1S/C12H17F6NO2/c13-11(14,15)8(12(16,17)18)9(21)19-6-10(7-20)4-2-1-3-5-10/h8,20H,1-7H2,(H,19,21). The minimum absolute atomic E-state index is 0.379. The fourth-order valence-electron chi connectivity index (χ4n) is 2.55. The van der Waals surface area contributed by atoms with Gasteiger partial charge in [-0.3, -0.25) is 4.79 Å². The van der Waals surface area contributed by atoms with Gasteiger partial charge in [-0.1, -0.05) is 19.3 Å². The highest BCUT2D eigenvalue weighted by atomic mass is 19.4. The van der Waals surface area contributed by atoms with Crippen molar-refractivity contribution in [2.24, 2.45) is 11.3 Å². The van der Waals surface area contributed by atoms with Gasteiger partial charge in [0.2, 0.25) is 11.8 Å². The number of carbonyl (C=O) groups is 1. The minimum Gasteiger partial charge on any atom is -0.396 e. The maximum Gasteiger partial charge on any atom is 0.409 e. The summed E-state index contributed by atoms with van der Waals surface area (Å²) >= 11 is 0. The number of aliphatic hydroxyl groups excluding tert-OH is 1. The molecule has 0 atom stereocenters. The molecule has 1 amide bonds. The highest BCUT2D eigenvalue weighted by molar-refractivity contribution is 5.80. The molecule has 1 saturated carbocycles. The summed E-state index contributed by atoms with van der Waals surface area (Å²) in [6.45, 7) is -0.763. The van der Waals surface area contributed by atoms with Gasteiger partial charge in [-0.2, -0.15) is 26.3 Å². The molecular weight excluding hydrogens is 304 g/mol. The van der Waals surface area contributed by atoms with Crippen LogP contribution >= 0.6 is 0 Å². The van der Waals surface area contributed by atoms with Crippen LogP contribution in [0.4, 0.5) is 26.3 Å². The molecule has 1 aliphatic carbocycles. The number of carbonyl (C=O) groups excluding carboxylic acids is 1. The van der Waals surface area contributed by atoms with E-state index in [1.165, 1.54) is 0 Å². The molecule has 0 saturated heterocycles. The highest BCUT2D eigenvalue weighted by Gasteiger charge is 2.61. The topological polar surface area (TPSA) is 49.3 Å². The van der Waals surface area contributed by atoms with Crippen molar-refractivity contribution < 1.29 is 36.2 Å². The Kier molecular flexibility index (Phi) is 5.51. The summed E-state index contributed by atoms with van der Waals surface area (Å²) in [5, 5.41) is 11.0. The van der Waals surface area contributed by atoms with E-state index < -0.39 is 29.6 Å². The van der Waals surface area contributed by atoms with Crippen LogP contribution in [0.15, 0.2) is 0 Å². The van der Waals surface area contributed by atoms with Gasteiger partial charge in [0, 0.05) is 12.0 Å². The molecule has 124 valence electrons. The predicted molar refractivity (Wildman–Crippen MR) is 61.2 cm³/mol. The fourth-order valence-corrected chi connectivity index (χ4v) is 2.55. The van der Waals surface area contributed by atoms with E-state index in [4.69, 9.17) is 0 Å². The Morgan fingerprint density at radius 1 is 1.05 bits per heavy atom. The largest absolute Gasteiger partial charge is 0.409 e. The lowest BCUT2D eigenvalue weighted by Crippen LogP contribution is -2.51. The van der Waals surface area contributed by atoms with Crippen LogP contribution in [0.2, 0.25) is 0 Å². The number of amides is 1. The number of alkyl halides is 6. The molecule has 2 N–H and O–H groups in total. The van der Waals surface area contributed by atoms with Crippen molar-refractivity contribution >= 4 is 5.91 Å². The smallest absolute Gasteiger partial charge is 0.396 e. The molecule has 0 aliphatic heterocycles. The van der Waals surface area contributed by atoms with Gasteiger partial charge in [-0.25, -0.2) is 0 Å². The minimum atomic E-state index is -5.69. The van der Waals surface area contributed by atoms with Crippen LogP contribution < -0.4 is 5.32 Å². The van der Waals surface area contributed by atoms with Crippen LogP contribution in [0.5, 0.6) is 0 Å². The number of rotatable bonds is 4. The van der Waals surface area contributed by atoms with Crippen LogP contribution in [0.3, 0.4) is 0 Å². The lowest BCUT2D eigenvalue weighted by Gasteiger charge is -2.36. The molecule has 1 aliphatic rings. The van der Waals surface area contributed by atoms with Crippen LogP contribution in [-0.4, -0.2) is 36.5 Å². The van der Waals surface area contributed by atoms with Crippen LogP contribution in [0, 0.1) is 11.3 Å². The zero-order valence-electron chi connectivity index (χ0n) is 11.2. The molecule has 1 rings (SSSR count). The Hall–Kier alpha value is -0.990. The van der Waals surface area contributed by atoms with Gasteiger partial charge in [0.15, 0.2) is 0 Å². The average Bonchev–Trinajstić information content (AvgIpc) is 2.34. The van der Waals surface area contributed by atoms with E-state index >= 15 is 0 Å². The summed E-state index contributed by atoms with van der Waals surface area (Å²) in [7, 11) is 0. The molecule has 0 aromatic carbocycles. The van der Waals surface area contributed by atoms with E-state index in [1.807, 2.05) is 0 Å². The third-order valence-corrected chi connectivity index (χ3v) is 3.80. The van der Waals surface area contributed by atoms with Crippen molar-refractivity contribution in [2.45, 2.75) is 44.5 Å². The Bertz CT molecular complexity index is 346. The quantitative estimate of drug-likeness (QED) is 0.782. The molecule has 3 nitrogen and oxygen atoms in total. The molecular formula is C12H17F6NO2. The molecule has 9 heteroatoms. The Labute approximate surface area is 117 Å². The van der Waals surface area contributed by atoms with Gasteiger partial charge in [0.1, 0.15) is 0 Å². The highest BCUT2D eigenvalue weighted by Crippen LogP contribution is 2.40. The molecule has 0 spiro atoms. The summed E-state index contributed by atoms with van der Waals surface area (Å²) in [6.07, 6.45) is -8.12. The second-order valence-corrected chi connectivity index (χ2v) is 5.45. The Morgan fingerprint density at radius 3 is 1.90 bits per heavy atom. The lowest BCUT2D eigenvalue weighted by molar-refractivity contribution is -0.274. The van der Waals surface area contributed by atoms with Gasteiger partial charge < -0.3 is 10.4 Å². The fraction of sp³-hybridized carbons (Fsp3) is 0.917. The summed E-state index contributed by atoms with van der Waals surface area (Å²) in [4.78, 5) is 11.3. The maximum absolute atomic E-state index is 12.4. The number of hydrogen-bond donors (Lipinski definition) is 2. The normalized spacial score (nSPS) is 19.6. The van der Waals surface area contributed by atoms with E-state index in [-0.39, 0.29) is 13.2 Å². The number of aliphatic hydroxyl groups is 1. The molecule has 0 unspecified atom stereocenters. The zero-order chi connectivity index (χ0) is 16.3. The van der Waals surface area contributed by atoms with Crippen molar-refractivity contribution in [1.29, 1.82) is 0 Å². The van der Waals surface area contributed by atoms with Gasteiger partial charge >= 0.3 is 12.4 Å². The van der Waals surface area contributed by atoms with Gasteiger partial charge in [0.25, 0.3) is 0 Å². The maximum atomic E-state index is 12.4. The zero-order valence-corrected chi connectivity index (χ0v) is 11.2. The van der Waals surface area contributed by atoms with Crippen LogP contribution in [0.1, 0.15) is 32.1 Å². The molecule has 1 fully saturated rings. The molecule has 21 heavy (non-hydrogen) atoms.